The van der Waals surface area contributed by atoms with Crippen LogP contribution in [0.25, 0.3) is 82.1 Å². The molecule has 3 heterocycles. The fraction of sp³-hybridized carbons (Fsp3) is 0. The summed E-state index contributed by atoms with van der Waals surface area (Å²) in [6.45, 7) is 0. The molecule has 0 aliphatic rings. The van der Waals surface area contributed by atoms with Crippen molar-refractivity contribution in [2.45, 2.75) is 0 Å². The summed E-state index contributed by atoms with van der Waals surface area (Å²) >= 11 is 0. The summed E-state index contributed by atoms with van der Waals surface area (Å²) in [4.78, 5) is 2.38. The van der Waals surface area contributed by atoms with E-state index in [1.165, 1.54) is 16.3 Å². The molecule has 0 aliphatic heterocycles. The maximum Gasteiger partial charge on any atom is 0.137 e. The standard InChI is InChI=1S/C46H28N2O2/c1-2-11-31(12-3-1)48-39-16-7-4-15-37(39)46-40(17-10-18-41(46)48)47(33-23-24-36-34-13-5-8-19-42(34)50-45(36)28-33)32-22-21-29-27-44-38(26-30(29)25-32)35-14-6-9-20-43(35)49-44/h1-28H. The first-order valence-electron chi connectivity index (χ1n) is 16.9. The molecule has 11 aromatic rings. The minimum atomic E-state index is 0.861. The van der Waals surface area contributed by atoms with Crippen LogP contribution in [0.4, 0.5) is 17.1 Å². The highest BCUT2D eigenvalue weighted by Gasteiger charge is 2.22. The summed E-state index contributed by atoms with van der Waals surface area (Å²) < 4.78 is 15.1. The molecule has 0 bridgehead atoms. The van der Waals surface area contributed by atoms with E-state index in [4.69, 9.17) is 8.83 Å². The van der Waals surface area contributed by atoms with Crippen LogP contribution in [0.15, 0.2) is 179 Å². The Kier molecular flexibility index (Phi) is 5.63. The monoisotopic (exact) mass is 640 g/mol. The van der Waals surface area contributed by atoms with Gasteiger partial charge < -0.3 is 18.3 Å². The van der Waals surface area contributed by atoms with Crippen LogP contribution in [-0.2, 0) is 0 Å². The zero-order valence-corrected chi connectivity index (χ0v) is 26.9. The average Bonchev–Trinajstić information content (AvgIpc) is 3.83. The van der Waals surface area contributed by atoms with Gasteiger partial charge in [0.15, 0.2) is 0 Å². The van der Waals surface area contributed by atoms with Crippen LogP contribution in [0.1, 0.15) is 0 Å². The van der Waals surface area contributed by atoms with Gasteiger partial charge in [0.25, 0.3) is 0 Å². The zero-order chi connectivity index (χ0) is 32.8. The van der Waals surface area contributed by atoms with E-state index in [0.717, 1.165) is 82.9 Å². The third-order valence-electron chi connectivity index (χ3n) is 10.1. The number of benzene rings is 8. The topological polar surface area (TPSA) is 34.5 Å². The third-order valence-corrected chi connectivity index (χ3v) is 10.1. The number of aromatic nitrogens is 1. The highest BCUT2D eigenvalue weighted by Crippen LogP contribution is 2.46. The van der Waals surface area contributed by atoms with Gasteiger partial charge in [-0.15, -0.1) is 0 Å². The minimum absolute atomic E-state index is 0.861. The molecule has 0 atom stereocenters. The van der Waals surface area contributed by atoms with E-state index in [-0.39, 0.29) is 0 Å². The molecular weight excluding hydrogens is 613 g/mol. The summed E-state index contributed by atoms with van der Waals surface area (Å²) in [5.41, 5.74) is 10.2. The Morgan fingerprint density at radius 2 is 1.00 bits per heavy atom. The Bertz CT molecular complexity index is 3110. The number of hydrogen-bond acceptors (Lipinski definition) is 3. The molecule has 4 heteroatoms. The molecule has 50 heavy (non-hydrogen) atoms. The Hall–Kier alpha value is -6.78. The van der Waals surface area contributed by atoms with Crippen molar-refractivity contribution in [3.63, 3.8) is 0 Å². The number of nitrogens with zero attached hydrogens (tertiary/aromatic N) is 2. The van der Waals surface area contributed by atoms with E-state index in [9.17, 15) is 0 Å². The predicted molar refractivity (Wildman–Crippen MR) is 208 cm³/mol. The predicted octanol–water partition coefficient (Wildman–Crippen LogP) is 13.2. The van der Waals surface area contributed by atoms with Crippen molar-refractivity contribution in [3.05, 3.63) is 170 Å². The molecule has 0 unspecified atom stereocenters. The average molecular weight is 641 g/mol. The first-order valence-corrected chi connectivity index (χ1v) is 16.9. The lowest BCUT2D eigenvalue weighted by molar-refractivity contribution is 0.668. The van der Waals surface area contributed by atoms with Crippen molar-refractivity contribution in [1.82, 2.24) is 4.57 Å². The van der Waals surface area contributed by atoms with Gasteiger partial charge in [0.05, 0.1) is 16.7 Å². The van der Waals surface area contributed by atoms with Crippen molar-refractivity contribution in [3.8, 4) is 5.69 Å². The summed E-state index contributed by atoms with van der Waals surface area (Å²) in [6, 6.07) is 60.2. The number of furan rings is 2. The minimum Gasteiger partial charge on any atom is -0.456 e. The summed E-state index contributed by atoms with van der Waals surface area (Å²) in [5, 5.41) is 9.14. The molecule has 0 radical (unpaired) electrons. The van der Waals surface area contributed by atoms with Crippen LogP contribution < -0.4 is 4.90 Å². The largest absolute Gasteiger partial charge is 0.456 e. The lowest BCUT2D eigenvalue weighted by Gasteiger charge is -2.27. The van der Waals surface area contributed by atoms with E-state index < -0.39 is 0 Å². The van der Waals surface area contributed by atoms with Gasteiger partial charge in [-0.3, -0.25) is 0 Å². The van der Waals surface area contributed by atoms with Crippen LogP contribution in [0.3, 0.4) is 0 Å². The maximum atomic E-state index is 6.44. The second-order valence-electron chi connectivity index (χ2n) is 13.0. The highest BCUT2D eigenvalue weighted by atomic mass is 16.3. The third kappa shape index (κ3) is 3.93. The van der Waals surface area contributed by atoms with E-state index in [1.54, 1.807) is 0 Å². The quantitative estimate of drug-likeness (QED) is 0.192. The molecule has 0 fully saturated rings. The summed E-state index contributed by atoms with van der Waals surface area (Å²) in [5.74, 6) is 0. The lowest BCUT2D eigenvalue weighted by Crippen LogP contribution is -2.10. The second kappa shape index (κ2) is 10.4. The van der Waals surface area contributed by atoms with Gasteiger partial charge in [0.1, 0.15) is 22.3 Å². The van der Waals surface area contributed by atoms with Crippen molar-refractivity contribution in [1.29, 1.82) is 0 Å². The van der Waals surface area contributed by atoms with Crippen molar-refractivity contribution in [2.75, 3.05) is 4.90 Å². The molecule has 0 saturated carbocycles. The SMILES string of the molecule is c1ccc(-n2c3ccccc3c3c(N(c4ccc5cc6oc7ccccc7c6cc5c4)c4ccc5c(c4)oc4ccccc45)cccc32)cc1. The molecule has 4 nitrogen and oxygen atoms in total. The first-order chi connectivity index (χ1) is 24.8. The highest BCUT2D eigenvalue weighted by molar-refractivity contribution is 6.17. The van der Waals surface area contributed by atoms with Gasteiger partial charge in [0.2, 0.25) is 0 Å². The number of para-hydroxylation sites is 4. The molecule has 0 aliphatic carbocycles. The lowest BCUT2D eigenvalue weighted by atomic mass is 10.0. The first kappa shape index (κ1) is 27.2. The van der Waals surface area contributed by atoms with Crippen molar-refractivity contribution in [2.24, 2.45) is 0 Å². The molecule has 234 valence electrons. The molecule has 0 saturated heterocycles. The van der Waals surface area contributed by atoms with Crippen LogP contribution in [-0.4, -0.2) is 4.57 Å². The molecule has 0 amide bonds. The normalized spacial score (nSPS) is 12.0. The van der Waals surface area contributed by atoms with Crippen LogP contribution in [0, 0.1) is 0 Å². The van der Waals surface area contributed by atoms with E-state index in [1.807, 2.05) is 24.3 Å². The molecule has 11 rings (SSSR count). The number of hydrogen-bond donors (Lipinski definition) is 0. The number of rotatable bonds is 4. The van der Waals surface area contributed by atoms with Gasteiger partial charge in [-0.25, -0.2) is 0 Å². The van der Waals surface area contributed by atoms with Crippen LogP contribution in [0.2, 0.25) is 0 Å². The van der Waals surface area contributed by atoms with Crippen LogP contribution in [0.5, 0.6) is 0 Å². The molecular formula is C46H28N2O2. The fourth-order valence-electron chi connectivity index (χ4n) is 7.92. The Labute approximate surface area is 286 Å². The van der Waals surface area contributed by atoms with E-state index >= 15 is 0 Å². The summed E-state index contributed by atoms with van der Waals surface area (Å²) in [7, 11) is 0. The van der Waals surface area contributed by atoms with Gasteiger partial charge in [-0.1, -0.05) is 84.9 Å². The Balaban J connectivity index is 1.21. The second-order valence-corrected chi connectivity index (χ2v) is 13.0. The molecule has 0 spiro atoms. The van der Waals surface area contributed by atoms with Crippen LogP contribution >= 0.6 is 0 Å². The number of anilines is 3. The smallest absolute Gasteiger partial charge is 0.137 e. The van der Waals surface area contributed by atoms with E-state index in [0.29, 0.717) is 0 Å². The van der Waals surface area contributed by atoms with Crippen molar-refractivity contribution >= 4 is 93.5 Å². The maximum absolute atomic E-state index is 6.44. The zero-order valence-electron chi connectivity index (χ0n) is 26.9. The number of fused-ring (bicyclic) bond motifs is 10. The molecule has 8 aromatic carbocycles. The van der Waals surface area contributed by atoms with Gasteiger partial charge >= 0.3 is 0 Å². The van der Waals surface area contributed by atoms with Gasteiger partial charge in [-0.2, -0.15) is 0 Å². The van der Waals surface area contributed by atoms with Gasteiger partial charge in [0, 0.05) is 55.4 Å². The summed E-state index contributed by atoms with van der Waals surface area (Å²) in [6.07, 6.45) is 0. The Morgan fingerprint density at radius 1 is 0.380 bits per heavy atom. The molecule has 3 aromatic heterocycles. The van der Waals surface area contributed by atoms with E-state index in [2.05, 4.69) is 155 Å². The fourth-order valence-corrected chi connectivity index (χ4v) is 7.92. The Morgan fingerprint density at radius 3 is 1.82 bits per heavy atom. The molecule has 0 N–H and O–H groups in total. The van der Waals surface area contributed by atoms with Crippen molar-refractivity contribution < 1.29 is 8.83 Å². The van der Waals surface area contributed by atoms with Gasteiger partial charge in [-0.05, 0) is 89.6 Å².